The minimum absolute atomic E-state index is 0.167. The van der Waals surface area contributed by atoms with Crippen LogP contribution in [0.1, 0.15) is 31.7 Å². The molecule has 1 aromatic carbocycles. The lowest BCUT2D eigenvalue weighted by Crippen LogP contribution is -2.04. The highest BCUT2D eigenvalue weighted by atomic mass is 35.5. The standard InChI is InChI=1S/C12H14Cl2O/c1-2-3-4-11-12(14,15-11)9-5-7-10(13)8-6-9/h5-8,11H,2-4H2,1H3/t11-,12-/m0/s1. The van der Waals surface area contributed by atoms with Gasteiger partial charge in [-0.15, -0.1) is 0 Å². The number of hydrogen-bond donors (Lipinski definition) is 0. The molecule has 0 unspecified atom stereocenters. The highest BCUT2D eigenvalue weighted by Crippen LogP contribution is 2.52. The van der Waals surface area contributed by atoms with Gasteiger partial charge in [0.1, 0.15) is 6.10 Å². The molecule has 0 saturated carbocycles. The summed E-state index contributed by atoms with van der Waals surface area (Å²) in [4.78, 5) is 0. The van der Waals surface area contributed by atoms with Crippen molar-refractivity contribution in [3.8, 4) is 0 Å². The molecule has 1 aliphatic heterocycles. The Morgan fingerprint density at radius 3 is 2.60 bits per heavy atom. The van der Waals surface area contributed by atoms with Gasteiger partial charge in [-0.1, -0.05) is 55.1 Å². The molecule has 0 aliphatic carbocycles. The fraction of sp³-hybridized carbons (Fsp3) is 0.500. The maximum atomic E-state index is 6.36. The zero-order valence-corrected chi connectivity index (χ0v) is 10.2. The largest absolute Gasteiger partial charge is 0.345 e. The van der Waals surface area contributed by atoms with Crippen LogP contribution in [0.2, 0.25) is 5.02 Å². The Labute approximate surface area is 100 Å². The van der Waals surface area contributed by atoms with Crippen LogP contribution in [0.5, 0.6) is 0 Å². The smallest absolute Gasteiger partial charge is 0.193 e. The monoisotopic (exact) mass is 244 g/mol. The van der Waals surface area contributed by atoms with E-state index in [0.29, 0.717) is 0 Å². The molecule has 0 aromatic heterocycles. The molecular formula is C12H14Cl2O. The number of ether oxygens (including phenoxy) is 1. The van der Waals surface area contributed by atoms with E-state index in [1.54, 1.807) is 0 Å². The second kappa shape index (κ2) is 4.32. The fourth-order valence-corrected chi connectivity index (χ4v) is 2.21. The van der Waals surface area contributed by atoms with Gasteiger partial charge < -0.3 is 4.74 Å². The van der Waals surface area contributed by atoms with E-state index in [9.17, 15) is 0 Å². The van der Waals surface area contributed by atoms with Gasteiger partial charge >= 0.3 is 0 Å². The average molecular weight is 245 g/mol. The Kier molecular flexibility index (Phi) is 3.24. The average Bonchev–Trinajstić information content (AvgIpc) is 2.89. The lowest BCUT2D eigenvalue weighted by atomic mass is 10.1. The molecule has 0 bridgehead atoms. The number of epoxide rings is 1. The molecule has 2 atom stereocenters. The first kappa shape index (κ1) is 11.3. The van der Waals surface area contributed by atoms with Crippen LogP contribution in [0.4, 0.5) is 0 Å². The van der Waals surface area contributed by atoms with Crippen LogP contribution < -0.4 is 0 Å². The first-order chi connectivity index (χ1) is 7.16. The Morgan fingerprint density at radius 2 is 2.00 bits per heavy atom. The van der Waals surface area contributed by atoms with Crippen molar-refractivity contribution in [2.75, 3.05) is 0 Å². The van der Waals surface area contributed by atoms with Gasteiger partial charge in [0.05, 0.1) is 0 Å². The van der Waals surface area contributed by atoms with E-state index in [4.69, 9.17) is 27.9 Å². The van der Waals surface area contributed by atoms with Crippen molar-refractivity contribution < 1.29 is 4.74 Å². The lowest BCUT2D eigenvalue weighted by molar-refractivity contribution is 0.345. The molecule has 3 heteroatoms. The van der Waals surface area contributed by atoms with Crippen molar-refractivity contribution in [1.82, 2.24) is 0 Å². The summed E-state index contributed by atoms with van der Waals surface area (Å²) >= 11 is 12.2. The molecule has 1 saturated heterocycles. The number of unbranched alkanes of at least 4 members (excludes halogenated alkanes) is 1. The molecule has 1 aliphatic rings. The summed E-state index contributed by atoms with van der Waals surface area (Å²) in [5.74, 6) is 0. The van der Waals surface area contributed by atoms with E-state index in [1.165, 1.54) is 6.42 Å². The van der Waals surface area contributed by atoms with Crippen molar-refractivity contribution >= 4 is 23.2 Å². The van der Waals surface area contributed by atoms with Crippen LogP contribution in [0.15, 0.2) is 24.3 Å². The first-order valence-corrected chi connectivity index (χ1v) is 6.05. The lowest BCUT2D eigenvalue weighted by Gasteiger charge is -2.04. The molecule has 0 N–H and O–H groups in total. The maximum absolute atomic E-state index is 6.36. The number of rotatable bonds is 4. The molecule has 15 heavy (non-hydrogen) atoms. The third-order valence-corrected chi connectivity index (χ3v) is 3.53. The Morgan fingerprint density at radius 1 is 1.33 bits per heavy atom. The molecule has 82 valence electrons. The summed E-state index contributed by atoms with van der Waals surface area (Å²) in [7, 11) is 0. The van der Waals surface area contributed by atoms with Crippen LogP contribution in [0.25, 0.3) is 0 Å². The Bertz CT molecular complexity index is 336. The van der Waals surface area contributed by atoms with Crippen LogP contribution in [0.3, 0.4) is 0 Å². The van der Waals surface area contributed by atoms with Gasteiger partial charge in [0.2, 0.25) is 0 Å². The van der Waals surface area contributed by atoms with Gasteiger partial charge in [0.25, 0.3) is 0 Å². The number of benzene rings is 1. The van der Waals surface area contributed by atoms with Gasteiger partial charge in [0.15, 0.2) is 5.06 Å². The first-order valence-electron chi connectivity index (χ1n) is 5.29. The SMILES string of the molecule is CCCC[C@@H]1O[C@@]1(Cl)c1ccc(Cl)cc1. The Balaban J connectivity index is 2.03. The topological polar surface area (TPSA) is 12.5 Å². The summed E-state index contributed by atoms with van der Waals surface area (Å²) in [5, 5.41) is 0.143. The van der Waals surface area contributed by atoms with Crippen molar-refractivity contribution in [1.29, 1.82) is 0 Å². The van der Waals surface area contributed by atoms with Crippen molar-refractivity contribution in [2.45, 2.75) is 37.4 Å². The molecule has 2 rings (SSSR count). The van der Waals surface area contributed by atoms with Gasteiger partial charge in [-0.3, -0.25) is 0 Å². The van der Waals surface area contributed by atoms with E-state index in [0.717, 1.165) is 23.4 Å². The van der Waals surface area contributed by atoms with E-state index < -0.39 is 5.06 Å². The van der Waals surface area contributed by atoms with E-state index in [-0.39, 0.29) is 6.10 Å². The summed E-state index contributed by atoms with van der Waals surface area (Å²) in [6, 6.07) is 7.56. The second-order valence-electron chi connectivity index (χ2n) is 3.90. The van der Waals surface area contributed by atoms with Crippen LogP contribution in [-0.4, -0.2) is 6.10 Å². The summed E-state index contributed by atoms with van der Waals surface area (Å²) in [5.41, 5.74) is 1.01. The molecule has 1 heterocycles. The Hall–Kier alpha value is -0.240. The van der Waals surface area contributed by atoms with Crippen LogP contribution >= 0.6 is 23.2 Å². The summed E-state index contributed by atoms with van der Waals surface area (Å²) in [6.45, 7) is 2.17. The zero-order valence-electron chi connectivity index (χ0n) is 8.67. The zero-order chi connectivity index (χ0) is 10.9. The minimum atomic E-state index is -0.584. The van der Waals surface area contributed by atoms with Crippen molar-refractivity contribution in [2.24, 2.45) is 0 Å². The van der Waals surface area contributed by atoms with Gasteiger partial charge in [-0.05, 0) is 18.6 Å². The molecule has 1 aromatic rings. The number of hydrogen-bond acceptors (Lipinski definition) is 1. The minimum Gasteiger partial charge on any atom is -0.345 e. The normalized spacial score (nSPS) is 29.1. The van der Waals surface area contributed by atoms with E-state index in [2.05, 4.69) is 6.92 Å². The number of halogens is 2. The van der Waals surface area contributed by atoms with Crippen LogP contribution in [0, 0.1) is 0 Å². The molecule has 0 radical (unpaired) electrons. The van der Waals surface area contributed by atoms with Gasteiger partial charge in [-0.2, -0.15) is 0 Å². The highest BCUT2D eigenvalue weighted by molar-refractivity contribution is 6.30. The van der Waals surface area contributed by atoms with Gasteiger partial charge in [-0.25, -0.2) is 0 Å². The third-order valence-electron chi connectivity index (χ3n) is 2.73. The second-order valence-corrected chi connectivity index (χ2v) is 4.90. The molecule has 1 fully saturated rings. The molecule has 0 spiro atoms. The molecular weight excluding hydrogens is 231 g/mol. The van der Waals surface area contributed by atoms with E-state index in [1.807, 2.05) is 24.3 Å². The quantitative estimate of drug-likeness (QED) is 0.568. The third kappa shape index (κ3) is 2.30. The van der Waals surface area contributed by atoms with Crippen molar-refractivity contribution in [3.05, 3.63) is 34.9 Å². The van der Waals surface area contributed by atoms with Gasteiger partial charge in [0, 0.05) is 10.6 Å². The summed E-state index contributed by atoms with van der Waals surface area (Å²) in [6.07, 6.45) is 3.53. The van der Waals surface area contributed by atoms with Crippen LogP contribution in [-0.2, 0) is 9.80 Å². The number of alkyl halides is 1. The van der Waals surface area contributed by atoms with Crippen molar-refractivity contribution in [3.63, 3.8) is 0 Å². The van der Waals surface area contributed by atoms with E-state index >= 15 is 0 Å². The molecule has 1 nitrogen and oxygen atoms in total. The summed E-state index contributed by atoms with van der Waals surface area (Å²) < 4.78 is 5.55. The predicted octanol–water partition coefficient (Wildman–Crippen LogP) is 4.32. The predicted molar refractivity (Wildman–Crippen MR) is 63.4 cm³/mol. The maximum Gasteiger partial charge on any atom is 0.193 e. The molecule has 0 amide bonds. The highest BCUT2D eigenvalue weighted by Gasteiger charge is 2.55. The fourth-order valence-electron chi connectivity index (χ4n) is 1.74.